The first kappa shape index (κ1) is 14.1. The standard InChI is InChI=1S/C16H13NO.CH5N/c17-11-12-6-8-13(9-7-12)15-5-1-3-14-4-2-10-18-16(14)15;1-2/h1,3,5-9H,2,4,10H2;2H2,1H3. The highest BCUT2D eigenvalue weighted by Gasteiger charge is 2.15. The first-order valence-electron chi connectivity index (χ1n) is 6.71. The van der Waals surface area contributed by atoms with E-state index in [0.717, 1.165) is 36.3 Å². The molecule has 3 nitrogen and oxygen atoms in total. The molecule has 0 aliphatic carbocycles. The van der Waals surface area contributed by atoms with Gasteiger partial charge in [-0.15, -0.1) is 0 Å². The molecule has 102 valence electrons. The molecule has 0 saturated carbocycles. The summed E-state index contributed by atoms with van der Waals surface area (Å²) in [5, 5.41) is 8.82. The van der Waals surface area contributed by atoms with Crippen molar-refractivity contribution in [3.63, 3.8) is 0 Å². The van der Waals surface area contributed by atoms with E-state index in [-0.39, 0.29) is 0 Å². The lowest BCUT2D eigenvalue weighted by atomic mass is 9.97. The van der Waals surface area contributed by atoms with Gasteiger partial charge in [0.25, 0.3) is 0 Å². The third-order valence-corrected chi connectivity index (χ3v) is 3.26. The summed E-state index contributed by atoms with van der Waals surface area (Å²) in [5.41, 5.74) is 8.69. The van der Waals surface area contributed by atoms with Crippen LogP contribution >= 0.6 is 0 Å². The highest BCUT2D eigenvalue weighted by molar-refractivity contribution is 5.72. The normalized spacial score (nSPS) is 12.2. The molecule has 1 heterocycles. The molecule has 0 fully saturated rings. The van der Waals surface area contributed by atoms with E-state index in [2.05, 4.69) is 30.0 Å². The topological polar surface area (TPSA) is 59.0 Å². The summed E-state index contributed by atoms with van der Waals surface area (Å²) in [6, 6.07) is 16.1. The van der Waals surface area contributed by atoms with Crippen LogP contribution in [-0.4, -0.2) is 13.7 Å². The molecule has 0 amide bonds. The zero-order valence-corrected chi connectivity index (χ0v) is 11.6. The van der Waals surface area contributed by atoms with Crippen molar-refractivity contribution < 1.29 is 4.74 Å². The summed E-state index contributed by atoms with van der Waals surface area (Å²) in [6.07, 6.45) is 2.17. The smallest absolute Gasteiger partial charge is 0.130 e. The first-order chi connectivity index (χ1) is 9.88. The number of nitriles is 1. The highest BCUT2D eigenvalue weighted by Crippen LogP contribution is 2.36. The molecule has 0 saturated heterocycles. The van der Waals surface area contributed by atoms with Crippen LogP contribution in [0.3, 0.4) is 0 Å². The predicted molar refractivity (Wildman–Crippen MR) is 80.5 cm³/mol. The molecule has 1 aliphatic rings. The average molecular weight is 266 g/mol. The summed E-state index contributed by atoms with van der Waals surface area (Å²) in [4.78, 5) is 0. The van der Waals surface area contributed by atoms with Crippen LogP contribution in [-0.2, 0) is 6.42 Å². The van der Waals surface area contributed by atoms with Crippen molar-refractivity contribution >= 4 is 0 Å². The van der Waals surface area contributed by atoms with Crippen LogP contribution in [0.25, 0.3) is 11.1 Å². The van der Waals surface area contributed by atoms with Crippen molar-refractivity contribution in [1.29, 1.82) is 5.26 Å². The molecule has 20 heavy (non-hydrogen) atoms. The summed E-state index contributed by atoms with van der Waals surface area (Å²) in [6.45, 7) is 0.792. The van der Waals surface area contributed by atoms with Gasteiger partial charge in [-0.25, -0.2) is 0 Å². The van der Waals surface area contributed by atoms with Gasteiger partial charge >= 0.3 is 0 Å². The number of para-hydroxylation sites is 1. The molecule has 3 heteroatoms. The third kappa shape index (κ3) is 2.81. The number of nitrogens with two attached hydrogens (primary N) is 1. The summed E-state index contributed by atoms with van der Waals surface area (Å²) < 4.78 is 5.80. The number of rotatable bonds is 1. The molecule has 0 radical (unpaired) electrons. The van der Waals surface area contributed by atoms with E-state index in [9.17, 15) is 0 Å². The first-order valence-corrected chi connectivity index (χ1v) is 6.71. The summed E-state index contributed by atoms with van der Waals surface area (Å²) in [7, 11) is 1.50. The van der Waals surface area contributed by atoms with Crippen LogP contribution in [0.15, 0.2) is 42.5 Å². The van der Waals surface area contributed by atoms with Crippen molar-refractivity contribution in [2.75, 3.05) is 13.7 Å². The highest BCUT2D eigenvalue weighted by atomic mass is 16.5. The van der Waals surface area contributed by atoms with Crippen LogP contribution in [0.1, 0.15) is 17.5 Å². The van der Waals surface area contributed by atoms with Crippen LogP contribution in [0.4, 0.5) is 0 Å². The SMILES string of the molecule is CN.N#Cc1ccc(-c2cccc3c2OCCC3)cc1. The lowest BCUT2D eigenvalue weighted by molar-refractivity contribution is 0.289. The number of hydrogen-bond donors (Lipinski definition) is 1. The lowest BCUT2D eigenvalue weighted by Crippen LogP contribution is -2.09. The van der Waals surface area contributed by atoms with E-state index >= 15 is 0 Å². The van der Waals surface area contributed by atoms with E-state index in [1.54, 1.807) is 0 Å². The zero-order valence-electron chi connectivity index (χ0n) is 11.6. The van der Waals surface area contributed by atoms with E-state index in [4.69, 9.17) is 10.00 Å². The van der Waals surface area contributed by atoms with Crippen molar-refractivity contribution in [3.05, 3.63) is 53.6 Å². The van der Waals surface area contributed by atoms with Crippen LogP contribution in [0, 0.1) is 11.3 Å². The third-order valence-electron chi connectivity index (χ3n) is 3.26. The van der Waals surface area contributed by atoms with Gasteiger partial charge in [0.2, 0.25) is 0 Å². The van der Waals surface area contributed by atoms with Gasteiger partial charge in [0.05, 0.1) is 18.2 Å². The van der Waals surface area contributed by atoms with Gasteiger partial charge in [-0.3, -0.25) is 0 Å². The Balaban J connectivity index is 0.000000704. The Hall–Kier alpha value is -2.31. The quantitative estimate of drug-likeness (QED) is 0.862. The van der Waals surface area contributed by atoms with Gasteiger partial charge in [-0.05, 0) is 43.1 Å². The van der Waals surface area contributed by atoms with E-state index in [1.165, 1.54) is 12.6 Å². The molecule has 1 aliphatic heterocycles. The number of ether oxygens (including phenoxy) is 1. The Labute approximate surface area is 119 Å². The molecule has 0 atom stereocenters. The minimum atomic E-state index is 0.685. The average Bonchev–Trinajstić information content (AvgIpc) is 2.56. The largest absolute Gasteiger partial charge is 0.493 e. The monoisotopic (exact) mass is 266 g/mol. The number of fused-ring (bicyclic) bond motifs is 1. The van der Waals surface area contributed by atoms with Gasteiger partial charge in [-0.2, -0.15) is 5.26 Å². The van der Waals surface area contributed by atoms with E-state index in [0.29, 0.717) is 5.56 Å². The zero-order chi connectivity index (χ0) is 14.4. The minimum Gasteiger partial charge on any atom is -0.493 e. The van der Waals surface area contributed by atoms with Crippen molar-refractivity contribution in [3.8, 4) is 22.9 Å². The van der Waals surface area contributed by atoms with Crippen molar-refractivity contribution in [2.45, 2.75) is 12.8 Å². The number of nitrogens with zero attached hydrogens (tertiary/aromatic N) is 1. The summed E-state index contributed by atoms with van der Waals surface area (Å²) in [5.74, 6) is 1.01. The molecule has 2 aromatic rings. The second-order valence-corrected chi connectivity index (χ2v) is 4.43. The Morgan fingerprint density at radius 1 is 1.10 bits per heavy atom. The maximum Gasteiger partial charge on any atom is 0.130 e. The van der Waals surface area contributed by atoms with Gasteiger partial charge < -0.3 is 10.5 Å². The van der Waals surface area contributed by atoms with Crippen LogP contribution < -0.4 is 10.5 Å². The number of aryl methyl sites for hydroxylation is 1. The number of benzene rings is 2. The molecule has 0 spiro atoms. The van der Waals surface area contributed by atoms with Gasteiger partial charge in [-0.1, -0.05) is 30.3 Å². The van der Waals surface area contributed by atoms with Crippen molar-refractivity contribution in [2.24, 2.45) is 5.73 Å². The molecular formula is C17H18N2O. The lowest BCUT2D eigenvalue weighted by Gasteiger charge is -2.20. The summed E-state index contributed by atoms with van der Waals surface area (Å²) >= 11 is 0. The minimum absolute atomic E-state index is 0.685. The second kappa shape index (κ2) is 6.74. The predicted octanol–water partition coefficient (Wildman–Crippen LogP) is 3.13. The molecule has 2 N–H and O–H groups in total. The second-order valence-electron chi connectivity index (χ2n) is 4.43. The molecular weight excluding hydrogens is 248 g/mol. The maximum atomic E-state index is 8.82. The van der Waals surface area contributed by atoms with Gasteiger partial charge in [0, 0.05) is 5.56 Å². The van der Waals surface area contributed by atoms with Gasteiger partial charge in [0.1, 0.15) is 5.75 Å². The Morgan fingerprint density at radius 3 is 2.55 bits per heavy atom. The van der Waals surface area contributed by atoms with Gasteiger partial charge in [0.15, 0.2) is 0 Å². The molecule has 3 rings (SSSR count). The Kier molecular flexibility index (Phi) is 4.75. The van der Waals surface area contributed by atoms with E-state index < -0.39 is 0 Å². The van der Waals surface area contributed by atoms with E-state index in [1.807, 2.05) is 24.3 Å². The van der Waals surface area contributed by atoms with Crippen LogP contribution in [0.2, 0.25) is 0 Å². The Morgan fingerprint density at radius 2 is 1.85 bits per heavy atom. The molecule has 0 aromatic heterocycles. The molecule has 0 bridgehead atoms. The Bertz CT molecular complexity index is 612. The fourth-order valence-corrected chi connectivity index (χ4v) is 2.34. The molecule has 0 unspecified atom stereocenters. The van der Waals surface area contributed by atoms with Crippen LogP contribution in [0.5, 0.6) is 5.75 Å². The molecule has 2 aromatic carbocycles. The fraction of sp³-hybridized carbons (Fsp3) is 0.235. The fourth-order valence-electron chi connectivity index (χ4n) is 2.34. The van der Waals surface area contributed by atoms with Crippen molar-refractivity contribution in [1.82, 2.24) is 0 Å². The maximum absolute atomic E-state index is 8.82. The number of hydrogen-bond acceptors (Lipinski definition) is 3.